The number of aldehydes is 1. The Morgan fingerprint density at radius 1 is 1.37 bits per heavy atom. The van der Waals surface area contributed by atoms with Crippen molar-refractivity contribution in [2.45, 2.75) is 26.4 Å². The van der Waals surface area contributed by atoms with E-state index in [9.17, 15) is 18.7 Å². The molecule has 140 valence electrons. The average molecular weight is 380 g/mol. The first kappa shape index (κ1) is 12.1. The zero-order valence-electron chi connectivity index (χ0n) is 19.6. The summed E-state index contributed by atoms with van der Waals surface area (Å²) in [6.45, 7) is -6.61. The Morgan fingerprint density at radius 3 is 2.93 bits per heavy atom. The van der Waals surface area contributed by atoms with Crippen LogP contribution in [0.2, 0.25) is 0 Å². The van der Waals surface area contributed by atoms with Gasteiger partial charge in [0.15, 0.2) is 12.1 Å². The predicted molar refractivity (Wildman–Crippen MR) is 91.4 cm³/mol. The van der Waals surface area contributed by atoms with Crippen LogP contribution in [0.1, 0.15) is 43.9 Å². The molecule has 1 N–H and O–H groups in total. The molecule has 27 heavy (non-hydrogen) atoms. The maximum atomic E-state index is 14.7. The van der Waals surface area contributed by atoms with Crippen LogP contribution in [0.5, 0.6) is 11.5 Å². The number of rotatable bonds is 6. The maximum Gasteiger partial charge on any atom is 0.170 e. The van der Waals surface area contributed by atoms with Gasteiger partial charge >= 0.3 is 0 Å². The van der Waals surface area contributed by atoms with Crippen LogP contribution in [0.25, 0.3) is 11.4 Å². The summed E-state index contributed by atoms with van der Waals surface area (Å²) in [7, 11) is 0. The van der Waals surface area contributed by atoms with Crippen LogP contribution >= 0.6 is 0 Å². The Labute approximate surface area is 161 Å². The van der Waals surface area contributed by atoms with Crippen LogP contribution in [0.3, 0.4) is 0 Å². The lowest BCUT2D eigenvalue weighted by Crippen LogP contribution is -2.09. The van der Waals surface area contributed by atoms with Gasteiger partial charge in [-0.15, -0.1) is 0 Å². The molecule has 0 aliphatic rings. The van der Waals surface area contributed by atoms with E-state index in [1.54, 1.807) is 0 Å². The first-order valence-electron chi connectivity index (χ1n) is 10.5. The monoisotopic (exact) mass is 380 g/mol. The number of ether oxygens (including phenoxy) is 1. The second-order valence-corrected chi connectivity index (χ2v) is 5.33. The lowest BCUT2D eigenvalue weighted by atomic mass is 10.1. The molecule has 0 aliphatic carbocycles. The van der Waals surface area contributed by atoms with Crippen molar-refractivity contribution < 1.29 is 31.6 Å². The molecule has 0 spiro atoms. The Balaban J connectivity index is 2.07. The highest BCUT2D eigenvalue weighted by atomic mass is 19.1. The lowest BCUT2D eigenvalue weighted by molar-refractivity contribution is 0.111. The quantitative estimate of drug-likeness (QED) is 0.660. The van der Waals surface area contributed by atoms with Gasteiger partial charge in [0.1, 0.15) is 41.6 Å². The van der Waals surface area contributed by atoms with E-state index >= 15 is 0 Å². The number of aromatic nitrogens is 4. The number of halogens is 2. The number of phenolic OH excluding ortho intramolecular Hbond substituents is 1. The maximum absolute atomic E-state index is 14.7. The van der Waals surface area contributed by atoms with E-state index < -0.39 is 49.4 Å². The highest BCUT2D eigenvalue weighted by Gasteiger charge is 2.20. The highest BCUT2D eigenvalue weighted by Crippen LogP contribution is 2.30. The van der Waals surface area contributed by atoms with E-state index in [1.165, 1.54) is 6.20 Å². The van der Waals surface area contributed by atoms with Crippen LogP contribution in [0, 0.1) is 11.6 Å². The molecule has 0 aliphatic heterocycles. The number of hydrogen-bond donors (Lipinski definition) is 1. The molecule has 1 aromatic carbocycles. The average Bonchev–Trinajstić information content (AvgIpc) is 3.04. The SMILES string of the molecule is [2H]C([2H])([2H])C(n1ncc(F)c1-c1ncncc1COc1cc(F)cc(O)c1C=O)C([2H])([2H])[2H]. The zero-order valence-corrected chi connectivity index (χ0v) is 13.6. The number of carbonyl (C=O) groups is 1. The van der Waals surface area contributed by atoms with Crippen molar-refractivity contribution in [1.29, 1.82) is 0 Å². The zero-order chi connectivity index (χ0) is 24.6. The third kappa shape index (κ3) is 3.62. The first-order chi connectivity index (χ1) is 15.3. The van der Waals surface area contributed by atoms with Crippen LogP contribution in [0.4, 0.5) is 8.78 Å². The minimum absolute atomic E-state index is 0.0357. The van der Waals surface area contributed by atoms with Crippen molar-refractivity contribution >= 4 is 6.29 Å². The normalized spacial score (nSPS) is 15.2. The van der Waals surface area contributed by atoms with E-state index in [4.69, 9.17) is 13.0 Å². The topological polar surface area (TPSA) is 90.1 Å². The van der Waals surface area contributed by atoms with Gasteiger partial charge in [0, 0.05) is 38.2 Å². The van der Waals surface area contributed by atoms with Gasteiger partial charge in [-0.25, -0.2) is 18.7 Å². The van der Waals surface area contributed by atoms with Gasteiger partial charge in [0.25, 0.3) is 0 Å². The summed E-state index contributed by atoms with van der Waals surface area (Å²) in [4.78, 5) is 18.9. The molecule has 0 unspecified atom stereocenters. The lowest BCUT2D eigenvalue weighted by Gasteiger charge is -2.14. The molecule has 0 amide bonds. The molecular formula is C18H16F2N4O3. The molecule has 3 aromatic rings. The molecule has 0 saturated carbocycles. The number of carbonyl (C=O) groups excluding carboxylic acids is 1. The van der Waals surface area contributed by atoms with Gasteiger partial charge in [-0.05, 0) is 13.7 Å². The smallest absolute Gasteiger partial charge is 0.170 e. The molecule has 0 bridgehead atoms. The molecule has 0 atom stereocenters. The number of hydrogen-bond acceptors (Lipinski definition) is 6. The minimum Gasteiger partial charge on any atom is -0.507 e. The summed E-state index contributed by atoms with van der Waals surface area (Å²) in [6, 6.07) is -0.627. The molecule has 2 aromatic heterocycles. The van der Waals surface area contributed by atoms with Crippen molar-refractivity contribution in [2.24, 2.45) is 0 Å². The van der Waals surface area contributed by atoms with Gasteiger partial charge in [0.2, 0.25) is 0 Å². The van der Waals surface area contributed by atoms with Crippen molar-refractivity contribution in [2.75, 3.05) is 0 Å². The highest BCUT2D eigenvalue weighted by molar-refractivity contribution is 5.83. The standard InChI is InChI=1S/C18H16F2N4O3/c1-10(2)24-18(14(20)6-23-24)17-11(5-21-9-22-17)8-27-16-4-12(19)3-15(26)13(16)7-25/h3-7,9-10,26H,8H2,1-2H3/i1D3,2D3. The van der Waals surface area contributed by atoms with Crippen molar-refractivity contribution in [3.63, 3.8) is 0 Å². The van der Waals surface area contributed by atoms with Gasteiger partial charge in [-0.1, -0.05) is 0 Å². The summed E-state index contributed by atoms with van der Waals surface area (Å²) >= 11 is 0. The van der Waals surface area contributed by atoms with E-state index in [0.29, 0.717) is 16.9 Å². The second kappa shape index (κ2) is 7.48. The van der Waals surface area contributed by atoms with Gasteiger partial charge in [-0.2, -0.15) is 5.10 Å². The Hall–Kier alpha value is -3.36. The summed E-state index contributed by atoms with van der Waals surface area (Å²) in [5, 5.41) is 13.3. The van der Waals surface area contributed by atoms with E-state index in [-0.39, 0.29) is 28.9 Å². The molecule has 0 saturated heterocycles. The molecule has 7 nitrogen and oxygen atoms in total. The van der Waals surface area contributed by atoms with Crippen LogP contribution in [0.15, 0.2) is 30.9 Å². The largest absolute Gasteiger partial charge is 0.507 e. The van der Waals surface area contributed by atoms with Crippen molar-refractivity contribution in [3.8, 4) is 22.9 Å². The Bertz CT molecular complexity index is 1170. The second-order valence-electron chi connectivity index (χ2n) is 5.33. The van der Waals surface area contributed by atoms with Crippen LogP contribution in [-0.2, 0) is 6.61 Å². The summed E-state index contributed by atoms with van der Waals surface area (Å²) in [5.41, 5.74) is -1.07. The molecule has 0 radical (unpaired) electrons. The van der Waals surface area contributed by atoms with Crippen molar-refractivity contribution in [1.82, 2.24) is 19.7 Å². The summed E-state index contributed by atoms with van der Waals surface area (Å²) in [6.07, 6.45) is 3.10. The van der Waals surface area contributed by atoms with Crippen LogP contribution < -0.4 is 4.74 Å². The number of aromatic hydroxyl groups is 1. The first-order valence-corrected chi connectivity index (χ1v) is 7.47. The van der Waals surface area contributed by atoms with Gasteiger partial charge < -0.3 is 9.84 Å². The van der Waals surface area contributed by atoms with E-state index in [0.717, 1.165) is 12.4 Å². The fraction of sp³-hybridized carbons (Fsp3) is 0.222. The van der Waals surface area contributed by atoms with Crippen LogP contribution in [-0.4, -0.2) is 31.1 Å². The van der Waals surface area contributed by atoms with E-state index in [2.05, 4.69) is 15.1 Å². The molecular weight excluding hydrogens is 358 g/mol. The predicted octanol–water partition coefficient (Wildman–Crippen LogP) is 3.30. The molecule has 0 fully saturated rings. The number of nitrogens with zero attached hydrogens (tertiary/aromatic N) is 4. The fourth-order valence-electron chi connectivity index (χ4n) is 2.41. The molecule has 9 heteroatoms. The van der Waals surface area contributed by atoms with E-state index in [1.807, 2.05) is 0 Å². The van der Waals surface area contributed by atoms with Gasteiger partial charge in [-0.3, -0.25) is 9.48 Å². The fourth-order valence-corrected chi connectivity index (χ4v) is 2.41. The minimum atomic E-state index is -3.07. The third-order valence-corrected chi connectivity index (χ3v) is 3.59. The number of benzene rings is 1. The number of phenols is 1. The Kier molecular flexibility index (Phi) is 3.35. The van der Waals surface area contributed by atoms with Crippen molar-refractivity contribution in [3.05, 3.63) is 53.6 Å². The summed E-state index contributed by atoms with van der Waals surface area (Å²) in [5.74, 6) is -2.92. The Morgan fingerprint density at radius 2 is 2.19 bits per heavy atom. The summed E-state index contributed by atoms with van der Waals surface area (Å²) < 4.78 is 80.0. The molecule has 3 rings (SSSR count). The molecule has 2 heterocycles. The van der Waals surface area contributed by atoms with Gasteiger partial charge in [0.05, 0.1) is 11.8 Å². The third-order valence-electron chi connectivity index (χ3n) is 3.59.